The van der Waals surface area contributed by atoms with E-state index >= 15 is 0 Å². The number of hydrogen-bond acceptors (Lipinski definition) is 1. The lowest BCUT2D eigenvalue weighted by Crippen LogP contribution is -1.97. The summed E-state index contributed by atoms with van der Waals surface area (Å²) in [6, 6.07) is 25.3. The standard InChI is InChI=1S/C25H20FN/c1-3-17-15-19-13-14-20(26)16-22(19)25(18-9-5-4-6-10-18)24(17)21-11-7-8-12-23(21)27-2/h3-16,27H,1H2,2H3. The molecule has 1 N–H and O–H groups in total. The van der Waals surface area contributed by atoms with E-state index in [1.165, 1.54) is 6.07 Å². The minimum atomic E-state index is -0.237. The van der Waals surface area contributed by atoms with E-state index < -0.39 is 0 Å². The molecule has 4 aromatic rings. The SMILES string of the molecule is C=Cc1cc2ccc(F)cc2c(-c2ccccc2)c1-c1ccccc1NC. The van der Waals surface area contributed by atoms with Crippen molar-refractivity contribution in [2.75, 3.05) is 12.4 Å². The van der Waals surface area contributed by atoms with E-state index in [1.807, 2.05) is 55.6 Å². The summed E-state index contributed by atoms with van der Waals surface area (Å²) in [6.07, 6.45) is 1.87. The van der Waals surface area contributed by atoms with Gasteiger partial charge in [0.2, 0.25) is 0 Å². The fourth-order valence-electron chi connectivity index (χ4n) is 3.66. The third-order valence-corrected chi connectivity index (χ3v) is 4.88. The van der Waals surface area contributed by atoms with Crippen LogP contribution < -0.4 is 5.32 Å². The van der Waals surface area contributed by atoms with Crippen LogP contribution in [0.15, 0.2) is 85.4 Å². The summed E-state index contributed by atoms with van der Waals surface area (Å²) in [7, 11) is 1.91. The number of hydrogen-bond donors (Lipinski definition) is 1. The van der Waals surface area contributed by atoms with Gasteiger partial charge in [-0.2, -0.15) is 0 Å². The zero-order valence-electron chi connectivity index (χ0n) is 15.2. The maximum atomic E-state index is 14.2. The Bertz CT molecular complexity index is 1130. The number of para-hydroxylation sites is 1. The van der Waals surface area contributed by atoms with E-state index in [4.69, 9.17) is 0 Å². The molecule has 4 aromatic carbocycles. The van der Waals surface area contributed by atoms with Gasteiger partial charge in [0.1, 0.15) is 5.82 Å². The first-order chi connectivity index (χ1) is 13.2. The van der Waals surface area contributed by atoms with Gasteiger partial charge in [-0.3, -0.25) is 0 Å². The minimum absolute atomic E-state index is 0.237. The molecule has 0 aliphatic heterocycles. The summed E-state index contributed by atoms with van der Waals surface area (Å²) >= 11 is 0. The van der Waals surface area contributed by atoms with Crippen molar-refractivity contribution in [2.45, 2.75) is 0 Å². The highest BCUT2D eigenvalue weighted by Gasteiger charge is 2.18. The van der Waals surface area contributed by atoms with Gasteiger partial charge < -0.3 is 5.32 Å². The maximum absolute atomic E-state index is 14.2. The van der Waals surface area contributed by atoms with Crippen molar-refractivity contribution < 1.29 is 4.39 Å². The van der Waals surface area contributed by atoms with Crippen LogP contribution in [0.2, 0.25) is 0 Å². The summed E-state index contributed by atoms with van der Waals surface area (Å²) < 4.78 is 14.2. The van der Waals surface area contributed by atoms with Crippen molar-refractivity contribution in [1.29, 1.82) is 0 Å². The highest BCUT2D eigenvalue weighted by atomic mass is 19.1. The molecule has 0 atom stereocenters. The second kappa shape index (κ2) is 7.08. The largest absolute Gasteiger partial charge is 0.388 e. The Kier molecular flexibility index (Phi) is 4.47. The Morgan fingerprint density at radius 3 is 2.33 bits per heavy atom. The lowest BCUT2D eigenvalue weighted by atomic mass is 9.85. The van der Waals surface area contributed by atoms with Crippen LogP contribution in [0.5, 0.6) is 0 Å². The Morgan fingerprint density at radius 1 is 0.852 bits per heavy atom. The first kappa shape index (κ1) is 17.0. The third-order valence-electron chi connectivity index (χ3n) is 4.88. The average Bonchev–Trinajstić information content (AvgIpc) is 2.73. The molecule has 0 bridgehead atoms. The van der Waals surface area contributed by atoms with Crippen molar-refractivity contribution in [1.82, 2.24) is 0 Å². The smallest absolute Gasteiger partial charge is 0.123 e. The van der Waals surface area contributed by atoms with Gasteiger partial charge in [-0.1, -0.05) is 67.3 Å². The molecule has 0 spiro atoms. The summed E-state index contributed by atoms with van der Waals surface area (Å²) in [5.74, 6) is -0.237. The summed E-state index contributed by atoms with van der Waals surface area (Å²) in [4.78, 5) is 0. The lowest BCUT2D eigenvalue weighted by Gasteiger charge is -2.19. The summed E-state index contributed by atoms with van der Waals surface area (Å²) in [6.45, 7) is 4.04. The van der Waals surface area contributed by atoms with Crippen LogP contribution in [0.1, 0.15) is 5.56 Å². The van der Waals surface area contributed by atoms with Crippen LogP contribution >= 0.6 is 0 Å². The monoisotopic (exact) mass is 353 g/mol. The van der Waals surface area contributed by atoms with E-state index in [0.717, 1.165) is 44.3 Å². The Labute approximate surface area is 158 Å². The van der Waals surface area contributed by atoms with E-state index in [2.05, 4.69) is 36.2 Å². The Balaban J connectivity index is 2.21. The van der Waals surface area contributed by atoms with Gasteiger partial charge in [-0.25, -0.2) is 4.39 Å². The molecule has 0 radical (unpaired) electrons. The fourth-order valence-corrected chi connectivity index (χ4v) is 3.66. The van der Waals surface area contributed by atoms with Crippen molar-refractivity contribution in [3.63, 3.8) is 0 Å². The van der Waals surface area contributed by atoms with Crippen molar-refractivity contribution in [3.8, 4) is 22.3 Å². The molecule has 2 heteroatoms. The van der Waals surface area contributed by atoms with Crippen LogP contribution in [0.3, 0.4) is 0 Å². The number of fused-ring (bicyclic) bond motifs is 1. The zero-order valence-corrected chi connectivity index (χ0v) is 15.2. The third kappa shape index (κ3) is 3.00. The molecule has 0 heterocycles. The quantitative estimate of drug-likeness (QED) is 0.416. The molecule has 0 aliphatic rings. The molecule has 0 aromatic heterocycles. The van der Waals surface area contributed by atoms with E-state index in [1.54, 1.807) is 6.07 Å². The van der Waals surface area contributed by atoms with Crippen LogP contribution in [-0.2, 0) is 0 Å². The van der Waals surface area contributed by atoms with Gasteiger partial charge in [0, 0.05) is 18.3 Å². The fraction of sp³-hybridized carbons (Fsp3) is 0.0400. The van der Waals surface area contributed by atoms with E-state index in [-0.39, 0.29) is 5.82 Å². The molecule has 0 amide bonds. The van der Waals surface area contributed by atoms with Crippen molar-refractivity contribution in [3.05, 3.63) is 96.8 Å². The first-order valence-electron chi connectivity index (χ1n) is 8.94. The molecule has 4 rings (SSSR count). The number of anilines is 1. The second-order valence-electron chi connectivity index (χ2n) is 6.45. The van der Waals surface area contributed by atoms with E-state index in [9.17, 15) is 4.39 Å². The number of benzene rings is 4. The molecule has 0 aliphatic carbocycles. The predicted octanol–water partition coefficient (Wildman–Crippen LogP) is 7.00. The average molecular weight is 353 g/mol. The number of rotatable bonds is 4. The molecule has 132 valence electrons. The van der Waals surface area contributed by atoms with Crippen molar-refractivity contribution in [2.24, 2.45) is 0 Å². The highest BCUT2D eigenvalue weighted by Crippen LogP contribution is 2.43. The zero-order chi connectivity index (χ0) is 18.8. The van der Waals surface area contributed by atoms with Crippen LogP contribution in [0, 0.1) is 5.82 Å². The molecule has 0 unspecified atom stereocenters. The molecule has 0 saturated heterocycles. The molecular weight excluding hydrogens is 333 g/mol. The van der Waals surface area contributed by atoms with Gasteiger partial charge in [0.05, 0.1) is 0 Å². The molecule has 0 fully saturated rings. The van der Waals surface area contributed by atoms with Crippen molar-refractivity contribution >= 4 is 22.5 Å². The van der Waals surface area contributed by atoms with Crippen LogP contribution in [0.25, 0.3) is 39.1 Å². The normalized spacial score (nSPS) is 10.7. The van der Waals surface area contributed by atoms with Gasteiger partial charge in [-0.05, 0) is 57.3 Å². The molecule has 1 nitrogen and oxygen atoms in total. The summed E-state index contributed by atoms with van der Waals surface area (Å²) in [5.41, 5.74) is 6.24. The van der Waals surface area contributed by atoms with Gasteiger partial charge in [0.15, 0.2) is 0 Å². The molecule has 27 heavy (non-hydrogen) atoms. The second-order valence-corrected chi connectivity index (χ2v) is 6.45. The van der Waals surface area contributed by atoms with Gasteiger partial charge >= 0.3 is 0 Å². The topological polar surface area (TPSA) is 12.0 Å². The predicted molar refractivity (Wildman–Crippen MR) is 114 cm³/mol. The minimum Gasteiger partial charge on any atom is -0.388 e. The Morgan fingerprint density at radius 2 is 1.59 bits per heavy atom. The highest BCUT2D eigenvalue weighted by molar-refractivity contribution is 6.08. The van der Waals surface area contributed by atoms with Gasteiger partial charge in [0.25, 0.3) is 0 Å². The van der Waals surface area contributed by atoms with Crippen LogP contribution in [0.4, 0.5) is 10.1 Å². The number of halogens is 1. The molecule has 0 saturated carbocycles. The van der Waals surface area contributed by atoms with Crippen LogP contribution in [-0.4, -0.2) is 7.05 Å². The Hall–Kier alpha value is -3.39. The number of nitrogens with one attached hydrogen (secondary N) is 1. The molecular formula is C25H20FN. The van der Waals surface area contributed by atoms with Gasteiger partial charge in [-0.15, -0.1) is 0 Å². The first-order valence-corrected chi connectivity index (χ1v) is 8.94. The summed E-state index contributed by atoms with van der Waals surface area (Å²) in [5, 5.41) is 5.17. The lowest BCUT2D eigenvalue weighted by molar-refractivity contribution is 0.630. The maximum Gasteiger partial charge on any atom is 0.123 e. The van der Waals surface area contributed by atoms with E-state index in [0.29, 0.717) is 0 Å².